The zero-order chi connectivity index (χ0) is 12.0. The van der Waals surface area contributed by atoms with Gasteiger partial charge >= 0.3 is 0 Å². The Bertz CT molecular complexity index is 362. The van der Waals surface area contributed by atoms with Crippen LogP contribution in [0.4, 0.5) is 14.5 Å². The molecule has 4 nitrogen and oxygen atoms in total. The van der Waals surface area contributed by atoms with E-state index in [0.29, 0.717) is 19.4 Å². The van der Waals surface area contributed by atoms with Gasteiger partial charge in [-0.05, 0) is 18.6 Å². The maximum absolute atomic E-state index is 13.1. The van der Waals surface area contributed by atoms with Crippen LogP contribution in [0.5, 0.6) is 0 Å². The van der Waals surface area contributed by atoms with Gasteiger partial charge in [0.15, 0.2) is 0 Å². The Balaban J connectivity index is 2.43. The lowest BCUT2D eigenvalue weighted by Crippen LogP contribution is -2.14. The third-order valence-electron chi connectivity index (χ3n) is 2.00. The van der Waals surface area contributed by atoms with Gasteiger partial charge in [0.05, 0.1) is 0 Å². The molecule has 0 amide bonds. The van der Waals surface area contributed by atoms with Gasteiger partial charge in [0.25, 0.3) is 0 Å². The Labute approximate surface area is 91.8 Å². The van der Waals surface area contributed by atoms with Gasteiger partial charge in [0, 0.05) is 13.0 Å². The highest BCUT2D eigenvalue weighted by atomic mass is 19.1. The van der Waals surface area contributed by atoms with Crippen molar-refractivity contribution >= 4 is 11.5 Å². The second kappa shape index (κ2) is 5.89. The number of anilines is 1. The van der Waals surface area contributed by atoms with Crippen LogP contribution >= 0.6 is 0 Å². The summed E-state index contributed by atoms with van der Waals surface area (Å²) in [6.45, 7) is 0.341. The molecule has 0 aliphatic carbocycles. The van der Waals surface area contributed by atoms with E-state index >= 15 is 0 Å². The molecular weight excluding hydrogens is 216 g/mol. The predicted molar refractivity (Wildman–Crippen MR) is 57.5 cm³/mol. The minimum Gasteiger partial charge on any atom is -0.409 e. The van der Waals surface area contributed by atoms with Crippen molar-refractivity contribution in [1.29, 1.82) is 0 Å². The number of nitrogens with two attached hydrogens (primary N) is 1. The van der Waals surface area contributed by atoms with Gasteiger partial charge in [0.2, 0.25) is 0 Å². The third-order valence-corrected chi connectivity index (χ3v) is 2.00. The molecular formula is C10H13F2N3O. The first-order valence-electron chi connectivity index (χ1n) is 4.79. The van der Waals surface area contributed by atoms with Crippen LogP contribution in [0.15, 0.2) is 23.4 Å². The molecule has 1 aromatic rings. The minimum atomic E-state index is -0.635. The molecule has 0 radical (unpaired) electrons. The highest BCUT2D eigenvalue weighted by Crippen LogP contribution is 2.17. The lowest BCUT2D eigenvalue weighted by atomic mass is 10.2. The lowest BCUT2D eigenvalue weighted by Gasteiger charge is -2.07. The molecule has 1 rings (SSSR count). The number of rotatable bonds is 5. The van der Waals surface area contributed by atoms with Gasteiger partial charge in [-0.15, -0.1) is 0 Å². The second-order valence-corrected chi connectivity index (χ2v) is 3.22. The van der Waals surface area contributed by atoms with E-state index in [1.54, 1.807) is 0 Å². The van der Waals surface area contributed by atoms with Crippen molar-refractivity contribution in [1.82, 2.24) is 0 Å². The number of nitrogens with one attached hydrogen (secondary N) is 1. The normalized spacial score (nSPS) is 11.5. The predicted octanol–water partition coefficient (Wildman–Crippen LogP) is 1.90. The van der Waals surface area contributed by atoms with Crippen molar-refractivity contribution in [2.75, 3.05) is 11.9 Å². The van der Waals surface area contributed by atoms with Crippen LogP contribution < -0.4 is 11.1 Å². The number of halogens is 2. The van der Waals surface area contributed by atoms with Gasteiger partial charge in [-0.3, -0.25) is 0 Å². The van der Waals surface area contributed by atoms with E-state index in [0.717, 1.165) is 0 Å². The second-order valence-electron chi connectivity index (χ2n) is 3.22. The molecule has 16 heavy (non-hydrogen) atoms. The quantitative estimate of drug-likeness (QED) is 0.237. The van der Waals surface area contributed by atoms with Crippen LogP contribution in [0.25, 0.3) is 0 Å². The zero-order valence-electron chi connectivity index (χ0n) is 8.58. The van der Waals surface area contributed by atoms with E-state index in [1.807, 2.05) is 0 Å². The van der Waals surface area contributed by atoms with Crippen molar-refractivity contribution in [3.63, 3.8) is 0 Å². The van der Waals surface area contributed by atoms with Gasteiger partial charge in [-0.2, -0.15) is 0 Å². The molecule has 88 valence electrons. The first-order chi connectivity index (χ1) is 7.65. The SMILES string of the molecule is NC(CCCNc1c(F)cccc1F)=NO. The maximum Gasteiger partial charge on any atom is 0.149 e. The first-order valence-corrected chi connectivity index (χ1v) is 4.79. The molecule has 0 saturated carbocycles. The summed E-state index contributed by atoms with van der Waals surface area (Å²) in [5.41, 5.74) is 5.09. The molecule has 0 aliphatic heterocycles. The van der Waals surface area contributed by atoms with Crippen LogP contribution in [0.2, 0.25) is 0 Å². The van der Waals surface area contributed by atoms with Gasteiger partial charge in [-0.25, -0.2) is 8.78 Å². The molecule has 0 fully saturated rings. The van der Waals surface area contributed by atoms with E-state index in [2.05, 4.69) is 10.5 Å². The molecule has 0 aromatic heterocycles. The number of benzene rings is 1. The average Bonchev–Trinajstić information content (AvgIpc) is 2.27. The number of nitrogens with zero attached hydrogens (tertiary/aromatic N) is 1. The van der Waals surface area contributed by atoms with E-state index in [4.69, 9.17) is 10.9 Å². The number of hydrogen-bond donors (Lipinski definition) is 3. The highest BCUT2D eigenvalue weighted by Gasteiger charge is 2.06. The summed E-state index contributed by atoms with van der Waals surface area (Å²) in [5.74, 6) is -1.18. The average molecular weight is 229 g/mol. The standard InChI is InChI=1S/C10H13F2N3O/c11-7-3-1-4-8(12)10(7)14-6-2-5-9(13)15-16/h1,3-4,14,16H,2,5-6H2,(H2,13,15). The van der Waals surface area contributed by atoms with Crippen LogP contribution in [-0.4, -0.2) is 17.6 Å². The Kier molecular flexibility index (Phi) is 4.50. The monoisotopic (exact) mass is 229 g/mol. The molecule has 0 aliphatic rings. The number of amidine groups is 1. The van der Waals surface area contributed by atoms with E-state index in [9.17, 15) is 8.78 Å². The molecule has 0 saturated heterocycles. The van der Waals surface area contributed by atoms with Gasteiger partial charge < -0.3 is 16.3 Å². The van der Waals surface area contributed by atoms with Gasteiger partial charge in [-0.1, -0.05) is 11.2 Å². The molecule has 1 aromatic carbocycles. The van der Waals surface area contributed by atoms with Crippen molar-refractivity contribution in [2.24, 2.45) is 10.9 Å². The molecule has 4 N–H and O–H groups in total. The summed E-state index contributed by atoms with van der Waals surface area (Å²) in [5, 5.41) is 13.7. The summed E-state index contributed by atoms with van der Waals surface area (Å²) in [4.78, 5) is 0. The minimum absolute atomic E-state index is 0.0933. The Morgan fingerprint density at radius 1 is 1.38 bits per heavy atom. The largest absolute Gasteiger partial charge is 0.409 e. The van der Waals surface area contributed by atoms with E-state index < -0.39 is 11.6 Å². The van der Waals surface area contributed by atoms with Crippen LogP contribution in [0.1, 0.15) is 12.8 Å². The van der Waals surface area contributed by atoms with E-state index in [-0.39, 0.29) is 11.5 Å². The summed E-state index contributed by atoms with van der Waals surface area (Å²) in [6, 6.07) is 3.65. The molecule has 0 unspecified atom stereocenters. The van der Waals surface area contributed by atoms with Crippen molar-refractivity contribution < 1.29 is 14.0 Å². The molecule has 0 heterocycles. The third kappa shape index (κ3) is 3.38. The lowest BCUT2D eigenvalue weighted by molar-refractivity contribution is 0.316. The van der Waals surface area contributed by atoms with E-state index in [1.165, 1.54) is 18.2 Å². The van der Waals surface area contributed by atoms with Crippen LogP contribution in [-0.2, 0) is 0 Å². The first kappa shape index (κ1) is 12.2. The summed E-state index contributed by atoms with van der Waals surface area (Å²) in [7, 11) is 0. The number of hydrogen-bond acceptors (Lipinski definition) is 3. The molecule has 0 spiro atoms. The van der Waals surface area contributed by atoms with Crippen LogP contribution in [0, 0.1) is 11.6 Å². The summed E-state index contributed by atoms with van der Waals surface area (Å²) < 4.78 is 26.2. The smallest absolute Gasteiger partial charge is 0.149 e. The van der Waals surface area contributed by atoms with Crippen molar-refractivity contribution in [3.8, 4) is 0 Å². The Morgan fingerprint density at radius 2 is 2.00 bits per heavy atom. The van der Waals surface area contributed by atoms with Crippen LogP contribution in [0.3, 0.4) is 0 Å². The number of oxime groups is 1. The fourth-order valence-corrected chi connectivity index (χ4v) is 1.20. The Hall–Kier alpha value is -1.85. The zero-order valence-corrected chi connectivity index (χ0v) is 8.58. The molecule has 0 atom stereocenters. The fraction of sp³-hybridized carbons (Fsp3) is 0.300. The fourth-order valence-electron chi connectivity index (χ4n) is 1.20. The molecule has 6 heteroatoms. The maximum atomic E-state index is 13.1. The topological polar surface area (TPSA) is 70.6 Å². The summed E-state index contributed by atoms with van der Waals surface area (Å²) >= 11 is 0. The highest BCUT2D eigenvalue weighted by molar-refractivity contribution is 5.79. The van der Waals surface area contributed by atoms with Crippen molar-refractivity contribution in [3.05, 3.63) is 29.8 Å². The number of para-hydroxylation sites is 1. The van der Waals surface area contributed by atoms with Crippen molar-refractivity contribution in [2.45, 2.75) is 12.8 Å². The van der Waals surface area contributed by atoms with Gasteiger partial charge in [0.1, 0.15) is 23.2 Å². The molecule has 0 bridgehead atoms. The summed E-state index contributed by atoms with van der Waals surface area (Å²) in [6.07, 6.45) is 0.878. The Morgan fingerprint density at radius 3 is 2.56 bits per heavy atom.